The highest BCUT2D eigenvalue weighted by Gasteiger charge is 1.95. The predicted molar refractivity (Wildman–Crippen MR) is 49.1 cm³/mol. The van der Waals surface area contributed by atoms with Crippen LogP contribution in [0.2, 0.25) is 0 Å². The van der Waals surface area contributed by atoms with Gasteiger partial charge < -0.3 is 0 Å². The largest absolute Gasteiger partial charge is 0.159 e. The topological polar surface area (TPSA) is 24.7 Å². The van der Waals surface area contributed by atoms with Gasteiger partial charge in [0.05, 0.1) is 5.69 Å². The monoisotopic (exact) mass is 156 g/mol. The standard InChI is InChI=1S/C10H8N2/c1-2-7-10-9(5-1)6-3-4-8-11-12-10/h1-8H/b4-3?,6-3-,8-4-,9-6?,11-8?,12-10?,12-11-. The molecule has 0 radical (unpaired) electrons. The van der Waals surface area contributed by atoms with Gasteiger partial charge in [0.25, 0.3) is 0 Å². The number of rotatable bonds is 0. The number of benzene rings is 1. The fourth-order valence-corrected chi connectivity index (χ4v) is 1.06. The van der Waals surface area contributed by atoms with Crippen LogP contribution in [0.25, 0.3) is 6.08 Å². The highest BCUT2D eigenvalue weighted by atomic mass is 15.1. The fourth-order valence-electron chi connectivity index (χ4n) is 1.06. The van der Waals surface area contributed by atoms with Crippen LogP contribution in [0.1, 0.15) is 5.56 Å². The minimum Gasteiger partial charge on any atom is -0.159 e. The molecule has 1 aromatic carbocycles. The molecule has 0 spiro atoms. The van der Waals surface area contributed by atoms with Crippen LogP contribution < -0.4 is 0 Å². The Kier molecular flexibility index (Phi) is 1.82. The molecule has 1 aromatic rings. The molecule has 0 bridgehead atoms. The second-order valence-electron chi connectivity index (χ2n) is 2.47. The van der Waals surface area contributed by atoms with E-state index in [0.29, 0.717) is 0 Å². The Labute approximate surface area is 71.0 Å². The van der Waals surface area contributed by atoms with Crippen LogP contribution in [0.15, 0.2) is 52.8 Å². The average molecular weight is 156 g/mol. The van der Waals surface area contributed by atoms with E-state index in [2.05, 4.69) is 10.2 Å². The van der Waals surface area contributed by atoms with Gasteiger partial charge in [-0.3, -0.25) is 0 Å². The highest BCUT2D eigenvalue weighted by Crippen LogP contribution is 2.21. The number of fused-ring (bicyclic) bond motifs is 1. The van der Waals surface area contributed by atoms with Gasteiger partial charge >= 0.3 is 0 Å². The molecule has 0 aromatic heterocycles. The predicted octanol–water partition coefficient (Wildman–Crippen LogP) is 3.31. The SMILES string of the molecule is C1=C\N=N/c2ccccc2\C=C/1. The summed E-state index contributed by atoms with van der Waals surface area (Å²) in [6.45, 7) is 0. The molecule has 0 unspecified atom stereocenters. The van der Waals surface area contributed by atoms with Crippen LogP contribution in [-0.2, 0) is 0 Å². The number of hydrogen-bond acceptors (Lipinski definition) is 2. The Hall–Kier alpha value is -1.70. The van der Waals surface area contributed by atoms with Crippen molar-refractivity contribution in [2.24, 2.45) is 10.2 Å². The van der Waals surface area contributed by atoms with Gasteiger partial charge in [-0.2, -0.15) is 10.2 Å². The van der Waals surface area contributed by atoms with Crippen molar-refractivity contribution in [1.29, 1.82) is 0 Å². The third kappa shape index (κ3) is 1.32. The molecule has 58 valence electrons. The summed E-state index contributed by atoms with van der Waals surface area (Å²) >= 11 is 0. The van der Waals surface area contributed by atoms with Gasteiger partial charge in [-0.1, -0.05) is 30.4 Å². The molecule has 0 aliphatic carbocycles. The van der Waals surface area contributed by atoms with Gasteiger partial charge in [-0.25, -0.2) is 0 Å². The van der Waals surface area contributed by atoms with E-state index in [9.17, 15) is 0 Å². The summed E-state index contributed by atoms with van der Waals surface area (Å²) in [5.41, 5.74) is 2.02. The lowest BCUT2D eigenvalue weighted by Crippen LogP contribution is -1.73. The molecule has 0 fully saturated rings. The normalized spacial score (nSPS) is 21.7. The van der Waals surface area contributed by atoms with Crippen molar-refractivity contribution >= 4 is 11.8 Å². The summed E-state index contributed by atoms with van der Waals surface area (Å²) in [6, 6.07) is 7.91. The summed E-state index contributed by atoms with van der Waals surface area (Å²) in [5.74, 6) is 0. The summed E-state index contributed by atoms with van der Waals surface area (Å²) in [5, 5.41) is 7.90. The Morgan fingerprint density at radius 3 is 2.92 bits per heavy atom. The summed E-state index contributed by atoms with van der Waals surface area (Å²) in [4.78, 5) is 0. The lowest BCUT2D eigenvalue weighted by molar-refractivity contribution is 1.22. The van der Waals surface area contributed by atoms with E-state index in [0.717, 1.165) is 11.3 Å². The third-order valence-electron chi connectivity index (χ3n) is 1.64. The molecule has 0 saturated carbocycles. The van der Waals surface area contributed by atoms with Crippen molar-refractivity contribution in [1.82, 2.24) is 0 Å². The van der Waals surface area contributed by atoms with Gasteiger partial charge in [-0.15, -0.1) is 0 Å². The van der Waals surface area contributed by atoms with Crippen LogP contribution in [0.4, 0.5) is 5.69 Å². The second-order valence-corrected chi connectivity index (χ2v) is 2.47. The van der Waals surface area contributed by atoms with E-state index in [1.165, 1.54) is 0 Å². The van der Waals surface area contributed by atoms with Crippen molar-refractivity contribution in [2.45, 2.75) is 0 Å². The molecule has 0 atom stereocenters. The van der Waals surface area contributed by atoms with Crippen molar-refractivity contribution in [2.75, 3.05) is 0 Å². The van der Waals surface area contributed by atoms with E-state index in [-0.39, 0.29) is 0 Å². The van der Waals surface area contributed by atoms with Crippen molar-refractivity contribution < 1.29 is 0 Å². The van der Waals surface area contributed by atoms with E-state index in [1.807, 2.05) is 42.5 Å². The molecule has 0 saturated heterocycles. The van der Waals surface area contributed by atoms with Crippen LogP contribution in [0, 0.1) is 0 Å². The zero-order valence-electron chi connectivity index (χ0n) is 6.51. The first-order valence-electron chi connectivity index (χ1n) is 3.80. The number of nitrogens with zero attached hydrogens (tertiary/aromatic N) is 2. The smallest absolute Gasteiger partial charge is 0.0929 e. The molecule has 2 rings (SSSR count). The minimum atomic E-state index is 0.915. The molecule has 0 amide bonds. The summed E-state index contributed by atoms with van der Waals surface area (Å²) < 4.78 is 0. The van der Waals surface area contributed by atoms with Gasteiger partial charge in [0.2, 0.25) is 0 Å². The maximum Gasteiger partial charge on any atom is 0.0929 e. The second kappa shape index (κ2) is 3.13. The fraction of sp³-hybridized carbons (Fsp3) is 0. The molecule has 1 aliphatic rings. The Morgan fingerprint density at radius 1 is 1.00 bits per heavy atom. The zero-order valence-corrected chi connectivity index (χ0v) is 6.51. The number of allylic oxidation sites excluding steroid dienone is 2. The maximum absolute atomic E-state index is 4.03. The van der Waals surface area contributed by atoms with Crippen LogP contribution >= 0.6 is 0 Å². The molecule has 12 heavy (non-hydrogen) atoms. The Bertz CT molecular complexity index is 327. The van der Waals surface area contributed by atoms with E-state index in [1.54, 1.807) is 6.20 Å². The van der Waals surface area contributed by atoms with Crippen LogP contribution in [-0.4, -0.2) is 0 Å². The summed E-state index contributed by atoms with van der Waals surface area (Å²) in [6.07, 6.45) is 7.51. The summed E-state index contributed by atoms with van der Waals surface area (Å²) in [7, 11) is 0. The zero-order chi connectivity index (χ0) is 8.23. The third-order valence-corrected chi connectivity index (χ3v) is 1.64. The van der Waals surface area contributed by atoms with Crippen LogP contribution in [0.5, 0.6) is 0 Å². The van der Waals surface area contributed by atoms with Crippen molar-refractivity contribution in [3.05, 3.63) is 48.2 Å². The van der Waals surface area contributed by atoms with Gasteiger partial charge in [-0.05, 0) is 12.1 Å². The van der Waals surface area contributed by atoms with E-state index < -0.39 is 0 Å². The lowest BCUT2D eigenvalue weighted by Gasteiger charge is -1.98. The molecule has 0 N–H and O–H groups in total. The first kappa shape index (κ1) is 6.98. The first-order valence-corrected chi connectivity index (χ1v) is 3.80. The highest BCUT2D eigenvalue weighted by molar-refractivity contribution is 5.64. The van der Waals surface area contributed by atoms with E-state index in [4.69, 9.17) is 0 Å². The lowest BCUT2D eigenvalue weighted by atomic mass is 10.1. The number of azo groups is 1. The molecule has 1 heterocycles. The molecular formula is C10H8N2. The quantitative estimate of drug-likeness (QED) is 0.550. The molecule has 2 heteroatoms. The Morgan fingerprint density at radius 2 is 1.92 bits per heavy atom. The molecule has 1 aliphatic heterocycles. The Balaban J connectivity index is 2.54. The van der Waals surface area contributed by atoms with E-state index >= 15 is 0 Å². The average Bonchev–Trinajstić information content (AvgIpc) is 2.06. The maximum atomic E-state index is 4.03. The first-order chi connectivity index (χ1) is 5.97. The van der Waals surface area contributed by atoms with Crippen LogP contribution in [0.3, 0.4) is 0 Å². The van der Waals surface area contributed by atoms with Crippen molar-refractivity contribution in [3.8, 4) is 0 Å². The number of hydrogen-bond donors (Lipinski definition) is 0. The minimum absolute atomic E-state index is 0.915. The van der Waals surface area contributed by atoms with Gasteiger partial charge in [0.15, 0.2) is 0 Å². The van der Waals surface area contributed by atoms with Crippen molar-refractivity contribution in [3.63, 3.8) is 0 Å². The van der Waals surface area contributed by atoms with Gasteiger partial charge in [0.1, 0.15) is 0 Å². The van der Waals surface area contributed by atoms with Gasteiger partial charge in [0, 0.05) is 11.8 Å². The molecular weight excluding hydrogens is 148 g/mol. The molecule has 2 nitrogen and oxygen atoms in total.